The monoisotopic (exact) mass is 325 g/mol. The van der Waals surface area contributed by atoms with E-state index in [0.717, 1.165) is 5.56 Å². The molecular formula is C17H27NO3S. The molecule has 0 spiro atoms. The lowest BCUT2D eigenvalue weighted by atomic mass is 9.78. The maximum Gasteiger partial charge on any atom is 0.212 e. The van der Waals surface area contributed by atoms with Crippen LogP contribution < -0.4 is 4.72 Å². The molecular weight excluding hydrogens is 298 g/mol. The molecule has 0 amide bonds. The predicted molar refractivity (Wildman–Crippen MR) is 89.0 cm³/mol. The molecule has 0 aliphatic heterocycles. The third-order valence-corrected chi connectivity index (χ3v) is 6.03. The van der Waals surface area contributed by atoms with Gasteiger partial charge in [-0.15, -0.1) is 0 Å². The van der Waals surface area contributed by atoms with E-state index in [4.69, 9.17) is 0 Å². The largest absolute Gasteiger partial charge is 0.385 e. The van der Waals surface area contributed by atoms with Gasteiger partial charge in [0.25, 0.3) is 0 Å². The molecule has 1 aromatic carbocycles. The number of hydrogen-bond acceptors (Lipinski definition) is 3. The zero-order valence-corrected chi connectivity index (χ0v) is 14.5. The quantitative estimate of drug-likeness (QED) is 0.894. The molecule has 0 aromatic heterocycles. The third kappa shape index (κ3) is 4.80. The van der Waals surface area contributed by atoms with E-state index in [-0.39, 0.29) is 17.2 Å². The van der Waals surface area contributed by atoms with Crippen LogP contribution in [0.25, 0.3) is 0 Å². The number of sulfonamides is 1. The summed E-state index contributed by atoms with van der Waals surface area (Å²) < 4.78 is 27.1. The molecule has 0 saturated heterocycles. The van der Waals surface area contributed by atoms with Crippen molar-refractivity contribution in [1.29, 1.82) is 0 Å². The summed E-state index contributed by atoms with van der Waals surface area (Å²) >= 11 is 0. The normalized spacial score (nSPS) is 26.8. The van der Waals surface area contributed by atoms with Crippen molar-refractivity contribution < 1.29 is 13.5 Å². The summed E-state index contributed by atoms with van der Waals surface area (Å²) in [5.41, 5.74) is -0.163. The van der Waals surface area contributed by atoms with Crippen molar-refractivity contribution in [2.75, 3.05) is 5.75 Å². The highest BCUT2D eigenvalue weighted by atomic mass is 32.2. The Balaban J connectivity index is 1.95. The molecule has 4 nitrogen and oxygen atoms in total. The summed E-state index contributed by atoms with van der Waals surface area (Å²) in [5.74, 6) is 0.124. The molecule has 1 aliphatic carbocycles. The summed E-state index contributed by atoms with van der Waals surface area (Å²) in [6, 6.07) is 9.57. The van der Waals surface area contributed by atoms with Gasteiger partial charge in [-0.3, -0.25) is 0 Å². The van der Waals surface area contributed by atoms with Crippen LogP contribution in [0.1, 0.15) is 52.0 Å². The highest BCUT2D eigenvalue weighted by Gasteiger charge is 2.36. The molecule has 0 heterocycles. The van der Waals surface area contributed by atoms with Gasteiger partial charge in [-0.2, -0.15) is 0 Å². The first-order valence-corrected chi connectivity index (χ1v) is 9.53. The van der Waals surface area contributed by atoms with Gasteiger partial charge in [-0.25, -0.2) is 13.1 Å². The maximum atomic E-state index is 12.2. The Morgan fingerprint density at radius 3 is 2.23 bits per heavy atom. The van der Waals surface area contributed by atoms with Crippen LogP contribution in [0.2, 0.25) is 0 Å². The predicted octanol–water partition coefficient (Wildman–Crippen LogP) is 2.78. The summed E-state index contributed by atoms with van der Waals surface area (Å²) in [7, 11) is -3.27. The van der Waals surface area contributed by atoms with Gasteiger partial charge in [0.15, 0.2) is 0 Å². The van der Waals surface area contributed by atoms with Crippen LogP contribution in [0.4, 0.5) is 0 Å². The second-order valence-corrected chi connectivity index (χ2v) is 9.36. The average Bonchev–Trinajstić information content (AvgIpc) is 2.40. The molecule has 22 heavy (non-hydrogen) atoms. The molecule has 124 valence electrons. The van der Waals surface area contributed by atoms with Gasteiger partial charge in [-0.05, 0) is 36.7 Å². The highest BCUT2D eigenvalue weighted by Crippen LogP contribution is 2.37. The Hall–Kier alpha value is -0.910. The molecule has 0 unspecified atom stereocenters. The van der Waals surface area contributed by atoms with Crippen LogP contribution in [0.5, 0.6) is 0 Å². The lowest BCUT2D eigenvalue weighted by Crippen LogP contribution is -2.44. The van der Waals surface area contributed by atoms with Crippen LogP contribution >= 0.6 is 0 Å². The van der Waals surface area contributed by atoms with E-state index in [1.165, 1.54) is 0 Å². The summed E-state index contributed by atoms with van der Waals surface area (Å²) in [6.45, 7) is 5.75. The molecule has 0 atom stereocenters. The van der Waals surface area contributed by atoms with E-state index in [2.05, 4.69) is 4.72 Å². The van der Waals surface area contributed by atoms with Crippen molar-refractivity contribution in [3.8, 4) is 0 Å². The van der Waals surface area contributed by atoms with E-state index < -0.39 is 15.6 Å². The van der Waals surface area contributed by atoms with Crippen molar-refractivity contribution >= 4 is 10.0 Å². The Morgan fingerprint density at radius 2 is 1.73 bits per heavy atom. The summed E-state index contributed by atoms with van der Waals surface area (Å²) in [5, 5.41) is 10.8. The van der Waals surface area contributed by atoms with Crippen molar-refractivity contribution in [2.24, 2.45) is 5.41 Å². The van der Waals surface area contributed by atoms with Crippen LogP contribution in [0.15, 0.2) is 30.3 Å². The minimum Gasteiger partial charge on any atom is -0.385 e. The molecule has 1 fully saturated rings. The van der Waals surface area contributed by atoms with Crippen LogP contribution in [0.3, 0.4) is 0 Å². The smallest absolute Gasteiger partial charge is 0.212 e. The van der Waals surface area contributed by atoms with Gasteiger partial charge in [0.2, 0.25) is 10.0 Å². The lowest BCUT2D eigenvalue weighted by molar-refractivity contribution is -0.00638. The zero-order chi connectivity index (χ0) is 16.4. The van der Waals surface area contributed by atoms with E-state index in [0.29, 0.717) is 25.7 Å². The number of benzene rings is 1. The number of hydrogen-bond donors (Lipinski definition) is 2. The minimum absolute atomic E-state index is 0.0728. The second kappa shape index (κ2) is 6.30. The van der Waals surface area contributed by atoms with Crippen molar-refractivity contribution in [3.05, 3.63) is 35.9 Å². The summed E-state index contributed by atoms with van der Waals surface area (Å²) in [4.78, 5) is 0. The van der Waals surface area contributed by atoms with Crippen LogP contribution in [-0.4, -0.2) is 25.3 Å². The standard InChI is InChI=1S/C17H27NO3S/c1-16(2,3)13-22(20,21)18-15-9-11-17(19,12-10-15)14-7-5-4-6-8-14/h4-8,15,18-19H,9-13H2,1-3H3. The van der Waals surface area contributed by atoms with Crippen LogP contribution in [-0.2, 0) is 15.6 Å². The van der Waals surface area contributed by atoms with Crippen molar-refractivity contribution in [3.63, 3.8) is 0 Å². The fourth-order valence-electron chi connectivity index (χ4n) is 3.12. The molecule has 0 radical (unpaired) electrons. The van der Waals surface area contributed by atoms with E-state index in [1.807, 2.05) is 51.1 Å². The number of nitrogens with one attached hydrogen (secondary N) is 1. The van der Waals surface area contributed by atoms with Gasteiger partial charge in [-0.1, -0.05) is 51.1 Å². The van der Waals surface area contributed by atoms with Gasteiger partial charge in [0.05, 0.1) is 11.4 Å². The molecule has 1 saturated carbocycles. The lowest BCUT2D eigenvalue weighted by Gasteiger charge is -2.36. The topological polar surface area (TPSA) is 66.4 Å². The molecule has 1 aliphatic rings. The Bertz CT molecular complexity index is 582. The van der Waals surface area contributed by atoms with Crippen molar-refractivity contribution in [1.82, 2.24) is 4.72 Å². The molecule has 5 heteroatoms. The molecule has 0 bridgehead atoms. The third-order valence-electron chi connectivity index (χ3n) is 4.09. The van der Waals surface area contributed by atoms with Gasteiger partial charge >= 0.3 is 0 Å². The Kier molecular flexibility index (Phi) is 5.00. The maximum absolute atomic E-state index is 12.2. The molecule has 2 rings (SSSR count). The average molecular weight is 325 g/mol. The second-order valence-electron chi connectivity index (χ2n) is 7.61. The van der Waals surface area contributed by atoms with E-state index in [1.54, 1.807) is 0 Å². The first kappa shape index (κ1) is 17.4. The number of rotatable bonds is 4. The van der Waals surface area contributed by atoms with Gasteiger partial charge in [0.1, 0.15) is 0 Å². The van der Waals surface area contributed by atoms with Gasteiger partial charge < -0.3 is 5.11 Å². The van der Waals surface area contributed by atoms with E-state index in [9.17, 15) is 13.5 Å². The number of aliphatic hydroxyl groups is 1. The first-order chi connectivity index (χ1) is 10.1. The highest BCUT2D eigenvalue weighted by molar-refractivity contribution is 7.89. The summed E-state index contributed by atoms with van der Waals surface area (Å²) in [6.07, 6.45) is 2.49. The fourth-order valence-corrected chi connectivity index (χ4v) is 5.08. The Morgan fingerprint density at radius 1 is 1.18 bits per heavy atom. The Labute approximate surface area is 134 Å². The molecule has 1 aromatic rings. The molecule has 2 N–H and O–H groups in total. The SMILES string of the molecule is CC(C)(C)CS(=O)(=O)NC1CCC(O)(c2ccccc2)CC1. The van der Waals surface area contributed by atoms with E-state index >= 15 is 0 Å². The minimum atomic E-state index is -3.27. The van der Waals surface area contributed by atoms with Crippen LogP contribution in [0, 0.1) is 5.41 Å². The van der Waals surface area contributed by atoms with Crippen molar-refractivity contribution in [2.45, 2.75) is 58.1 Å². The fraction of sp³-hybridized carbons (Fsp3) is 0.647. The van der Waals surface area contributed by atoms with Gasteiger partial charge in [0, 0.05) is 6.04 Å². The first-order valence-electron chi connectivity index (χ1n) is 7.88. The zero-order valence-electron chi connectivity index (χ0n) is 13.7.